The molecular weight excluding hydrogens is 457 g/mol. The summed E-state index contributed by atoms with van der Waals surface area (Å²) in [4.78, 5) is 0. The minimum atomic E-state index is -2.85. The Bertz CT molecular complexity index is 402. The molecular formula is C11H38O8Si7. The third-order valence-electron chi connectivity index (χ3n) is 2.81. The van der Waals surface area contributed by atoms with Crippen molar-refractivity contribution in [3.63, 3.8) is 0 Å². The molecule has 0 aliphatic rings. The molecule has 0 atom stereocenters. The van der Waals surface area contributed by atoms with E-state index in [1.165, 1.54) is 0 Å². The van der Waals surface area contributed by atoms with Crippen LogP contribution in [0.5, 0.6) is 0 Å². The zero-order valence-electron chi connectivity index (χ0n) is 18.3. The molecule has 26 heavy (non-hydrogen) atoms. The lowest BCUT2D eigenvalue weighted by Crippen LogP contribution is -2.59. The molecule has 8 nitrogen and oxygen atoms in total. The second kappa shape index (κ2) is 11.4. The Labute approximate surface area is 170 Å². The molecule has 158 valence electrons. The Kier molecular flexibility index (Phi) is 11.9. The van der Waals surface area contributed by atoms with Gasteiger partial charge in [0, 0.05) is 20.8 Å². The molecule has 0 aromatic rings. The van der Waals surface area contributed by atoms with Crippen LogP contribution >= 0.6 is 0 Å². The highest BCUT2D eigenvalue weighted by molar-refractivity contribution is 6.88. The molecule has 15 heteroatoms. The Balaban J connectivity index is 5.04. The fraction of sp³-hybridized carbons (Fsp3) is 1.00. The second-order valence-corrected chi connectivity index (χ2v) is 27.2. The molecule has 0 unspecified atom stereocenters. The van der Waals surface area contributed by atoms with Crippen molar-refractivity contribution in [3.05, 3.63) is 0 Å². The minimum absolute atomic E-state index is 1.15. The summed E-state index contributed by atoms with van der Waals surface area (Å²) in [5.74, 6) is 0. The molecule has 0 spiro atoms. The minimum Gasteiger partial charge on any atom is -0.440 e. The van der Waals surface area contributed by atoms with Crippen LogP contribution in [0.25, 0.3) is 0 Å². The van der Waals surface area contributed by atoms with Crippen molar-refractivity contribution in [3.8, 4) is 0 Å². The van der Waals surface area contributed by atoms with E-state index in [1.54, 1.807) is 14.2 Å². The monoisotopic (exact) mass is 494 g/mol. The first-order valence-electron chi connectivity index (χ1n) is 8.70. The van der Waals surface area contributed by atoms with E-state index in [0.717, 1.165) is 0 Å². The summed E-state index contributed by atoms with van der Waals surface area (Å²) in [7, 11) is -10.3. The van der Waals surface area contributed by atoms with Gasteiger partial charge in [0.15, 0.2) is 9.04 Å². The van der Waals surface area contributed by atoms with Crippen molar-refractivity contribution >= 4 is 63.5 Å². The van der Waals surface area contributed by atoms with Crippen molar-refractivity contribution in [1.29, 1.82) is 0 Å². The fourth-order valence-corrected chi connectivity index (χ4v) is 27.3. The average molecular weight is 495 g/mol. The molecule has 0 heterocycles. The third kappa shape index (κ3) is 12.6. The highest BCUT2D eigenvalue weighted by Crippen LogP contribution is 2.25. The van der Waals surface area contributed by atoms with E-state index in [1.807, 2.05) is 32.7 Å². The van der Waals surface area contributed by atoms with Gasteiger partial charge in [0.2, 0.25) is 0 Å². The van der Waals surface area contributed by atoms with Crippen LogP contribution < -0.4 is 0 Å². The van der Waals surface area contributed by atoms with Crippen LogP contribution in [0.15, 0.2) is 0 Å². The van der Waals surface area contributed by atoms with Gasteiger partial charge in [-0.15, -0.1) is 0 Å². The van der Waals surface area contributed by atoms with Crippen molar-refractivity contribution < 1.29 is 33.5 Å². The molecule has 0 N–H and O–H groups in total. The second-order valence-electron chi connectivity index (χ2n) is 7.64. The number of hydrogen-bond acceptors (Lipinski definition) is 8. The van der Waals surface area contributed by atoms with Gasteiger partial charge in [0.05, 0.1) is 0 Å². The molecule has 0 aliphatic carbocycles. The summed E-state index contributed by atoms with van der Waals surface area (Å²) in [6.07, 6.45) is 0. The lowest BCUT2D eigenvalue weighted by Gasteiger charge is -2.40. The Morgan fingerprint density at radius 1 is 0.615 bits per heavy atom. The Morgan fingerprint density at radius 2 is 1.00 bits per heavy atom. The van der Waals surface area contributed by atoms with Gasteiger partial charge < -0.3 is 33.5 Å². The molecule has 0 saturated heterocycles. The van der Waals surface area contributed by atoms with E-state index in [4.69, 9.17) is 33.5 Å². The fourth-order valence-electron chi connectivity index (χ4n) is 2.70. The normalized spacial score (nSPS) is 17.1. The predicted molar refractivity (Wildman–Crippen MR) is 121 cm³/mol. The smallest absolute Gasteiger partial charge is 0.440 e. The molecule has 0 fully saturated rings. The topological polar surface area (TPSA) is 73.8 Å². The van der Waals surface area contributed by atoms with Crippen LogP contribution in [0.4, 0.5) is 0 Å². The molecule has 0 bridgehead atoms. The van der Waals surface area contributed by atoms with Gasteiger partial charge in [0.1, 0.15) is 0 Å². The van der Waals surface area contributed by atoms with Crippen molar-refractivity contribution in [1.82, 2.24) is 0 Å². The largest absolute Gasteiger partial charge is 0.470 e. The van der Waals surface area contributed by atoms with Crippen LogP contribution in [0.1, 0.15) is 0 Å². The highest BCUT2D eigenvalue weighted by Gasteiger charge is 2.47. The van der Waals surface area contributed by atoms with Crippen LogP contribution in [-0.4, -0.2) is 77.8 Å². The zero-order valence-corrected chi connectivity index (χ0v) is 26.2. The number of hydrogen-bond donors (Lipinski definition) is 0. The Hall–Kier alpha value is 1.20. The third-order valence-corrected chi connectivity index (χ3v) is 23.9. The summed E-state index contributed by atoms with van der Waals surface area (Å²) in [6.45, 7) is 18.4. The van der Waals surface area contributed by atoms with E-state index in [-0.39, 0.29) is 0 Å². The van der Waals surface area contributed by atoms with Gasteiger partial charge in [0.25, 0.3) is 20.0 Å². The maximum absolute atomic E-state index is 6.43. The van der Waals surface area contributed by atoms with E-state index >= 15 is 0 Å². The van der Waals surface area contributed by atoms with Crippen LogP contribution in [-0.2, 0) is 33.5 Å². The van der Waals surface area contributed by atoms with E-state index in [2.05, 4.69) is 26.2 Å². The average Bonchev–Trinajstić information content (AvgIpc) is 2.38. The SMILES string of the molecule is CO[SiH2]O[Si](C)(O[SiH2]OC)O[Si](C)(C)O[Si](C)(C)O[Si](C)(C)O[SiH](C)C. The maximum Gasteiger partial charge on any atom is 0.470 e. The summed E-state index contributed by atoms with van der Waals surface area (Å²) in [5.41, 5.74) is 0. The first kappa shape index (κ1) is 27.2. The molecule has 0 saturated carbocycles. The molecule has 0 aromatic heterocycles. The van der Waals surface area contributed by atoms with Gasteiger partial charge in [-0.05, 0) is 52.4 Å². The lowest BCUT2D eigenvalue weighted by molar-refractivity contribution is 0.203. The van der Waals surface area contributed by atoms with E-state index < -0.39 is 63.5 Å². The molecule has 0 amide bonds. The van der Waals surface area contributed by atoms with Gasteiger partial charge in [-0.1, -0.05) is 0 Å². The standard InChI is InChI=1S/C11H38O8Si7/c1-12-20-14-26(11,15-21-13-2)19-25(9,10)18-24(7,8)17-23(5,6)16-22(3)4/h22H,20-21H2,1-11H3. The first-order chi connectivity index (χ1) is 11.7. The van der Waals surface area contributed by atoms with Gasteiger partial charge in [-0.2, -0.15) is 0 Å². The molecule has 0 radical (unpaired) electrons. The quantitative estimate of drug-likeness (QED) is 0.332. The van der Waals surface area contributed by atoms with Gasteiger partial charge in [-0.3, -0.25) is 0 Å². The molecule has 0 rings (SSSR count). The Morgan fingerprint density at radius 3 is 1.38 bits per heavy atom. The summed E-state index contributed by atoms with van der Waals surface area (Å²) in [5, 5.41) is 0. The van der Waals surface area contributed by atoms with Crippen molar-refractivity contribution in [2.45, 2.75) is 58.9 Å². The maximum atomic E-state index is 6.43. The van der Waals surface area contributed by atoms with E-state index in [0.29, 0.717) is 0 Å². The van der Waals surface area contributed by atoms with Gasteiger partial charge >= 0.3 is 34.5 Å². The van der Waals surface area contributed by atoms with Crippen LogP contribution in [0.3, 0.4) is 0 Å². The van der Waals surface area contributed by atoms with Crippen LogP contribution in [0.2, 0.25) is 58.9 Å². The summed E-state index contributed by atoms with van der Waals surface area (Å²) < 4.78 is 47.3. The molecule has 0 aromatic carbocycles. The summed E-state index contributed by atoms with van der Waals surface area (Å²) in [6, 6.07) is 0. The van der Waals surface area contributed by atoms with Crippen molar-refractivity contribution in [2.75, 3.05) is 14.2 Å². The van der Waals surface area contributed by atoms with Crippen LogP contribution in [0, 0.1) is 0 Å². The number of rotatable bonds is 14. The predicted octanol–water partition coefficient (Wildman–Crippen LogP) is 1.03. The van der Waals surface area contributed by atoms with Crippen molar-refractivity contribution in [2.24, 2.45) is 0 Å². The first-order valence-corrected chi connectivity index (χ1v) is 24.5. The zero-order chi connectivity index (χ0) is 20.6. The molecule has 0 aliphatic heterocycles. The highest BCUT2D eigenvalue weighted by atomic mass is 28.5. The van der Waals surface area contributed by atoms with Gasteiger partial charge in [-0.25, -0.2) is 0 Å². The lowest BCUT2D eigenvalue weighted by atomic mass is 11.8. The van der Waals surface area contributed by atoms with E-state index in [9.17, 15) is 0 Å². The summed E-state index contributed by atoms with van der Waals surface area (Å²) >= 11 is 0.